The first-order chi connectivity index (χ1) is 6.72. The molecule has 1 saturated carbocycles. The lowest BCUT2D eigenvalue weighted by Gasteiger charge is -2.33. The maximum absolute atomic E-state index is 12.1. The van der Waals surface area contributed by atoms with E-state index in [-0.39, 0.29) is 5.92 Å². The second kappa shape index (κ2) is 3.99. The standard InChI is InChI=1S/C11H19NO2/c12-11(5-7-14-8-6-11)10(13)9-3-1-2-4-9/h9H,1-8,12H2. The molecule has 0 aromatic carbocycles. The summed E-state index contributed by atoms with van der Waals surface area (Å²) in [6, 6.07) is 0. The largest absolute Gasteiger partial charge is 0.381 e. The van der Waals surface area contributed by atoms with Crippen molar-refractivity contribution < 1.29 is 9.53 Å². The van der Waals surface area contributed by atoms with Gasteiger partial charge in [-0.2, -0.15) is 0 Å². The zero-order valence-electron chi connectivity index (χ0n) is 8.63. The van der Waals surface area contributed by atoms with E-state index < -0.39 is 5.54 Å². The van der Waals surface area contributed by atoms with Crippen LogP contribution in [0.4, 0.5) is 0 Å². The molecular formula is C11H19NO2. The van der Waals surface area contributed by atoms with E-state index in [4.69, 9.17) is 10.5 Å². The molecule has 1 aliphatic carbocycles. The highest BCUT2D eigenvalue weighted by Crippen LogP contribution is 2.31. The van der Waals surface area contributed by atoms with Crippen LogP contribution in [0.3, 0.4) is 0 Å². The second-order valence-corrected chi connectivity index (χ2v) is 4.61. The Morgan fingerprint density at radius 2 is 1.79 bits per heavy atom. The van der Waals surface area contributed by atoms with Crippen molar-refractivity contribution >= 4 is 5.78 Å². The molecule has 0 spiro atoms. The van der Waals surface area contributed by atoms with Gasteiger partial charge >= 0.3 is 0 Å². The Balaban J connectivity index is 2.00. The average molecular weight is 197 g/mol. The monoisotopic (exact) mass is 197 g/mol. The van der Waals surface area contributed by atoms with Gasteiger partial charge in [-0.05, 0) is 25.7 Å². The van der Waals surface area contributed by atoms with Gasteiger partial charge in [-0.25, -0.2) is 0 Å². The minimum absolute atomic E-state index is 0.248. The Hall–Kier alpha value is -0.410. The van der Waals surface area contributed by atoms with Crippen molar-refractivity contribution in [1.29, 1.82) is 0 Å². The van der Waals surface area contributed by atoms with Gasteiger partial charge in [0.05, 0.1) is 5.54 Å². The van der Waals surface area contributed by atoms with Crippen LogP contribution in [0, 0.1) is 5.92 Å². The van der Waals surface area contributed by atoms with Crippen LogP contribution in [0.15, 0.2) is 0 Å². The molecule has 0 unspecified atom stereocenters. The fourth-order valence-corrected chi connectivity index (χ4v) is 2.58. The smallest absolute Gasteiger partial charge is 0.155 e. The molecule has 0 amide bonds. The second-order valence-electron chi connectivity index (χ2n) is 4.61. The van der Waals surface area contributed by atoms with Gasteiger partial charge in [-0.15, -0.1) is 0 Å². The molecule has 1 aliphatic heterocycles. The minimum Gasteiger partial charge on any atom is -0.381 e. The number of rotatable bonds is 2. The lowest BCUT2D eigenvalue weighted by molar-refractivity contribution is -0.131. The van der Waals surface area contributed by atoms with Crippen molar-refractivity contribution in [3.63, 3.8) is 0 Å². The highest BCUT2D eigenvalue weighted by molar-refractivity contribution is 5.90. The predicted molar refractivity (Wildman–Crippen MR) is 53.9 cm³/mol. The van der Waals surface area contributed by atoms with Gasteiger partial charge in [0.25, 0.3) is 0 Å². The molecule has 1 saturated heterocycles. The van der Waals surface area contributed by atoms with E-state index in [1.54, 1.807) is 0 Å². The van der Waals surface area contributed by atoms with Gasteiger partial charge in [0.1, 0.15) is 0 Å². The summed E-state index contributed by atoms with van der Waals surface area (Å²) in [6.07, 6.45) is 5.92. The van der Waals surface area contributed by atoms with E-state index in [0.717, 1.165) is 12.8 Å². The first-order valence-corrected chi connectivity index (χ1v) is 5.63. The number of hydrogen-bond donors (Lipinski definition) is 1. The fraction of sp³-hybridized carbons (Fsp3) is 0.909. The van der Waals surface area contributed by atoms with Crippen molar-refractivity contribution in [1.82, 2.24) is 0 Å². The number of carbonyl (C=O) groups excluding carboxylic acids is 1. The highest BCUT2D eigenvalue weighted by Gasteiger charge is 2.40. The Bertz CT molecular complexity index is 215. The summed E-state index contributed by atoms with van der Waals surface area (Å²) in [6.45, 7) is 1.30. The first kappa shape index (κ1) is 10.1. The Kier molecular flexibility index (Phi) is 2.88. The number of nitrogens with two attached hydrogens (primary N) is 1. The van der Waals surface area contributed by atoms with Gasteiger partial charge in [0, 0.05) is 19.1 Å². The highest BCUT2D eigenvalue weighted by atomic mass is 16.5. The molecule has 0 radical (unpaired) electrons. The molecule has 0 aromatic rings. The molecule has 3 heteroatoms. The molecule has 2 rings (SSSR count). The van der Waals surface area contributed by atoms with Crippen LogP contribution in [0.25, 0.3) is 0 Å². The van der Waals surface area contributed by atoms with Crippen LogP contribution in [-0.2, 0) is 9.53 Å². The lowest BCUT2D eigenvalue weighted by Crippen LogP contribution is -2.53. The molecule has 1 heterocycles. The quantitative estimate of drug-likeness (QED) is 0.725. The van der Waals surface area contributed by atoms with Gasteiger partial charge < -0.3 is 10.5 Å². The van der Waals surface area contributed by atoms with Crippen LogP contribution >= 0.6 is 0 Å². The summed E-state index contributed by atoms with van der Waals surface area (Å²) in [5.41, 5.74) is 5.59. The Morgan fingerprint density at radius 3 is 2.36 bits per heavy atom. The average Bonchev–Trinajstić information content (AvgIpc) is 2.70. The molecule has 0 bridgehead atoms. The zero-order valence-corrected chi connectivity index (χ0v) is 8.63. The van der Waals surface area contributed by atoms with E-state index in [0.29, 0.717) is 31.8 Å². The molecule has 0 aromatic heterocycles. The summed E-state index contributed by atoms with van der Waals surface area (Å²) in [5.74, 6) is 0.552. The Labute approximate surface area is 85.0 Å². The molecule has 80 valence electrons. The number of hydrogen-bond acceptors (Lipinski definition) is 3. The topological polar surface area (TPSA) is 52.3 Å². The molecule has 14 heavy (non-hydrogen) atoms. The third kappa shape index (κ3) is 1.84. The van der Waals surface area contributed by atoms with Gasteiger partial charge in [0.15, 0.2) is 5.78 Å². The molecule has 2 aliphatic rings. The third-order valence-corrected chi connectivity index (χ3v) is 3.60. The fourth-order valence-electron chi connectivity index (χ4n) is 2.58. The number of carbonyl (C=O) groups is 1. The van der Waals surface area contributed by atoms with E-state index in [1.165, 1.54) is 12.8 Å². The van der Waals surface area contributed by atoms with E-state index >= 15 is 0 Å². The number of ketones is 1. The molecule has 2 fully saturated rings. The van der Waals surface area contributed by atoms with Crippen LogP contribution in [-0.4, -0.2) is 24.5 Å². The van der Waals surface area contributed by atoms with E-state index in [9.17, 15) is 4.79 Å². The maximum atomic E-state index is 12.1. The van der Waals surface area contributed by atoms with Crippen LogP contribution in [0.1, 0.15) is 38.5 Å². The molecule has 0 atom stereocenters. The van der Waals surface area contributed by atoms with Crippen molar-refractivity contribution in [2.75, 3.05) is 13.2 Å². The van der Waals surface area contributed by atoms with Crippen LogP contribution in [0.5, 0.6) is 0 Å². The lowest BCUT2D eigenvalue weighted by atomic mass is 9.80. The number of Topliss-reactive ketones (excluding diaryl/α,β-unsaturated/α-hetero) is 1. The maximum Gasteiger partial charge on any atom is 0.155 e. The molecule has 3 nitrogen and oxygen atoms in total. The third-order valence-electron chi connectivity index (χ3n) is 3.60. The van der Waals surface area contributed by atoms with Crippen molar-refractivity contribution in [2.45, 2.75) is 44.1 Å². The van der Waals surface area contributed by atoms with E-state index in [2.05, 4.69) is 0 Å². The van der Waals surface area contributed by atoms with Crippen LogP contribution in [0.2, 0.25) is 0 Å². The van der Waals surface area contributed by atoms with E-state index in [1.807, 2.05) is 0 Å². The summed E-state index contributed by atoms with van der Waals surface area (Å²) < 4.78 is 5.25. The Morgan fingerprint density at radius 1 is 1.21 bits per heavy atom. The van der Waals surface area contributed by atoms with Crippen LogP contribution < -0.4 is 5.73 Å². The SMILES string of the molecule is NC1(C(=O)C2CCCC2)CCOCC1. The molecule has 2 N–H and O–H groups in total. The van der Waals surface area contributed by atoms with Crippen molar-refractivity contribution in [2.24, 2.45) is 11.7 Å². The van der Waals surface area contributed by atoms with Crippen molar-refractivity contribution in [3.8, 4) is 0 Å². The summed E-state index contributed by atoms with van der Waals surface area (Å²) in [4.78, 5) is 12.1. The summed E-state index contributed by atoms with van der Waals surface area (Å²) in [7, 11) is 0. The molecular weight excluding hydrogens is 178 g/mol. The first-order valence-electron chi connectivity index (χ1n) is 5.63. The normalized spacial score (nSPS) is 27.8. The number of ether oxygens (including phenoxy) is 1. The van der Waals surface area contributed by atoms with Gasteiger partial charge in [-0.3, -0.25) is 4.79 Å². The summed E-state index contributed by atoms with van der Waals surface area (Å²) in [5, 5.41) is 0. The van der Waals surface area contributed by atoms with Gasteiger partial charge in [0.2, 0.25) is 0 Å². The predicted octanol–water partition coefficient (Wildman–Crippen LogP) is 1.25. The van der Waals surface area contributed by atoms with Crippen molar-refractivity contribution in [3.05, 3.63) is 0 Å². The zero-order chi connectivity index (χ0) is 10.0. The minimum atomic E-state index is -0.562. The summed E-state index contributed by atoms with van der Waals surface area (Å²) >= 11 is 0. The van der Waals surface area contributed by atoms with Gasteiger partial charge in [-0.1, -0.05) is 12.8 Å².